The third-order valence-electron chi connectivity index (χ3n) is 5.10. The van der Waals surface area contributed by atoms with Crippen LogP contribution in [-0.4, -0.2) is 48.1 Å². The van der Waals surface area contributed by atoms with E-state index in [9.17, 15) is 19.8 Å². The minimum absolute atomic E-state index is 0.0523. The Morgan fingerprint density at radius 3 is 1.51 bits per heavy atom. The third-order valence-corrected chi connectivity index (χ3v) is 6.08. The fourth-order valence-corrected chi connectivity index (χ4v) is 4.11. The number of nitrogens with one attached hydrogen (secondary N) is 2. The molecule has 188 valence electrons. The predicted molar refractivity (Wildman–Crippen MR) is 146 cm³/mol. The van der Waals surface area contributed by atoms with Crippen molar-refractivity contribution in [2.24, 2.45) is 0 Å². The van der Waals surface area contributed by atoms with Crippen LogP contribution in [0.5, 0.6) is 0 Å². The molecule has 0 spiro atoms. The molecule has 0 atom stereocenters. The van der Waals surface area contributed by atoms with Crippen LogP contribution in [0.1, 0.15) is 52.8 Å². The van der Waals surface area contributed by atoms with Gasteiger partial charge in [0.25, 0.3) is 0 Å². The second kappa shape index (κ2) is 16.4. The van der Waals surface area contributed by atoms with E-state index in [1.165, 1.54) is 0 Å². The summed E-state index contributed by atoms with van der Waals surface area (Å²) in [5.74, 6) is -0.185. The number of ketones is 2. The Morgan fingerprint density at radius 2 is 1.14 bits per heavy atom. The largest absolute Gasteiger partial charge is 0.396 e. The maximum atomic E-state index is 12.6. The van der Waals surface area contributed by atoms with Crippen molar-refractivity contribution in [3.8, 4) is 0 Å². The molecule has 0 aromatic heterocycles. The molecule has 0 saturated carbocycles. The molecule has 4 N–H and O–H groups in total. The average molecular weight is 608 g/mol. The SMILES string of the molecule is O=C(/C=C(/CCCO)NCCCN/C(=C\C(=O)c1cccc(Br)c1)CCCO)c1cccc(Br)c1. The van der Waals surface area contributed by atoms with Gasteiger partial charge in [0.05, 0.1) is 0 Å². The topological polar surface area (TPSA) is 98.7 Å². The highest BCUT2D eigenvalue weighted by atomic mass is 79.9. The lowest BCUT2D eigenvalue weighted by molar-refractivity contribution is 0.103. The summed E-state index contributed by atoms with van der Waals surface area (Å²) in [5, 5.41) is 25.0. The Labute approximate surface area is 223 Å². The van der Waals surface area contributed by atoms with Gasteiger partial charge in [0, 0.05) is 69.9 Å². The van der Waals surface area contributed by atoms with Crippen molar-refractivity contribution in [2.75, 3.05) is 26.3 Å². The van der Waals surface area contributed by atoms with Crippen LogP contribution in [0.3, 0.4) is 0 Å². The molecule has 0 bridgehead atoms. The second-order valence-corrected chi connectivity index (χ2v) is 9.78. The standard InChI is InChI=1S/C27H32Br2N2O4/c28-22-8-1-6-20(16-22)26(34)18-24(10-3-14-32)30-12-5-13-31-25(11-4-15-33)19-27(35)21-7-2-9-23(29)17-21/h1-2,6-9,16-19,30-33H,3-5,10-15H2/b24-18-,25-19-. The summed E-state index contributed by atoms with van der Waals surface area (Å²) in [6, 6.07) is 14.5. The number of benzene rings is 2. The molecule has 2 aromatic rings. The van der Waals surface area contributed by atoms with E-state index in [4.69, 9.17) is 0 Å². The maximum absolute atomic E-state index is 12.6. The van der Waals surface area contributed by atoms with Gasteiger partial charge in [-0.05, 0) is 56.4 Å². The third kappa shape index (κ3) is 11.3. The fraction of sp³-hybridized carbons (Fsp3) is 0.333. The van der Waals surface area contributed by atoms with Crippen molar-refractivity contribution in [1.82, 2.24) is 10.6 Å². The zero-order valence-corrected chi connectivity index (χ0v) is 22.8. The lowest BCUT2D eigenvalue weighted by atomic mass is 10.1. The zero-order chi connectivity index (χ0) is 25.5. The van der Waals surface area contributed by atoms with E-state index in [0.29, 0.717) is 49.9 Å². The van der Waals surface area contributed by atoms with E-state index in [-0.39, 0.29) is 24.8 Å². The first kappa shape index (κ1) is 29.0. The van der Waals surface area contributed by atoms with Gasteiger partial charge in [-0.2, -0.15) is 0 Å². The molecule has 2 aromatic carbocycles. The minimum Gasteiger partial charge on any atom is -0.396 e. The molecule has 0 saturated heterocycles. The van der Waals surface area contributed by atoms with Gasteiger partial charge in [0.15, 0.2) is 11.6 Å². The number of carbonyl (C=O) groups is 2. The molecule has 0 aliphatic carbocycles. The van der Waals surface area contributed by atoms with Crippen molar-refractivity contribution in [2.45, 2.75) is 32.1 Å². The summed E-state index contributed by atoms with van der Waals surface area (Å²) in [6.07, 6.45) is 6.22. The number of allylic oxidation sites excluding steroid dienone is 4. The Kier molecular flexibility index (Phi) is 13.6. The van der Waals surface area contributed by atoms with Crippen LogP contribution in [0, 0.1) is 0 Å². The normalized spacial score (nSPS) is 11.9. The highest BCUT2D eigenvalue weighted by molar-refractivity contribution is 9.10. The van der Waals surface area contributed by atoms with Gasteiger partial charge >= 0.3 is 0 Å². The van der Waals surface area contributed by atoms with Gasteiger partial charge in [0.1, 0.15) is 0 Å². The molecule has 0 radical (unpaired) electrons. The van der Waals surface area contributed by atoms with Gasteiger partial charge in [0.2, 0.25) is 0 Å². The summed E-state index contributed by atoms with van der Waals surface area (Å²) in [7, 11) is 0. The van der Waals surface area contributed by atoms with Gasteiger partial charge in [-0.25, -0.2) is 0 Å². The van der Waals surface area contributed by atoms with Crippen molar-refractivity contribution >= 4 is 43.4 Å². The van der Waals surface area contributed by atoms with Crippen LogP contribution in [-0.2, 0) is 0 Å². The van der Waals surface area contributed by atoms with Crippen LogP contribution in [0.2, 0.25) is 0 Å². The molecule has 0 unspecified atom stereocenters. The van der Waals surface area contributed by atoms with Crippen molar-refractivity contribution in [1.29, 1.82) is 0 Å². The molecule has 0 fully saturated rings. The molecule has 2 rings (SSSR count). The number of aliphatic hydroxyl groups is 2. The Bertz CT molecular complexity index is 956. The molecule has 35 heavy (non-hydrogen) atoms. The van der Waals surface area contributed by atoms with Gasteiger partial charge in [-0.1, -0.05) is 56.1 Å². The van der Waals surface area contributed by atoms with E-state index in [1.54, 1.807) is 36.4 Å². The van der Waals surface area contributed by atoms with Crippen LogP contribution in [0.15, 0.2) is 81.0 Å². The van der Waals surface area contributed by atoms with Gasteiger partial charge in [-0.3, -0.25) is 9.59 Å². The Hall–Kier alpha value is -2.26. The zero-order valence-electron chi connectivity index (χ0n) is 19.6. The first-order valence-corrected chi connectivity index (χ1v) is 13.2. The van der Waals surface area contributed by atoms with Crippen LogP contribution in [0.25, 0.3) is 0 Å². The smallest absolute Gasteiger partial charge is 0.187 e. The molecule has 6 nitrogen and oxygen atoms in total. The lowest BCUT2D eigenvalue weighted by Gasteiger charge is -2.13. The lowest BCUT2D eigenvalue weighted by Crippen LogP contribution is -2.23. The number of hydrogen-bond acceptors (Lipinski definition) is 6. The summed E-state index contributed by atoms with van der Waals surface area (Å²) < 4.78 is 1.69. The number of rotatable bonds is 16. The quantitative estimate of drug-likeness (QED) is 0.120. The van der Waals surface area contributed by atoms with Crippen molar-refractivity contribution < 1.29 is 19.8 Å². The monoisotopic (exact) mass is 606 g/mol. The van der Waals surface area contributed by atoms with Gasteiger partial charge < -0.3 is 20.8 Å². The number of hydrogen-bond donors (Lipinski definition) is 4. The predicted octanol–water partition coefficient (Wildman–Crippen LogP) is 5.16. The molecule has 0 aliphatic heterocycles. The highest BCUT2D eigenvalue weighted by Gasteiger charge is 2.08. The molecule has 0 heterocycles. The van der Waals surface area contributed by atoms with E-state index in [1.807, 2.05) is 24.3 Å². The maximum Gasteiger partial charge on any atom is 0.187 e. The van der Waals surface area contributed by atoms with E-state index < -0.39 is 0 Å². The molecular formula is C27H32Br2N2O4. The van der Waals surface area contributed by atoms with Crippen molar-refractivity contribution in [3.05, 3.63) is 92.1 Å². The minimum atomic E-state index is -0.0925. The molecular weight excluding hydrogens is 576 g/mol. The first-order valence-electron chi connectivity index (χ1n) is 11.6. The Balaban J connectivity index is 1.92. The van der Waals surface area contributed by atoms with Crippen molar-refractivity contribution in [3.63, 3.8) is 0 Å². The second-order valence-electron chi connectivity index (χ2n) is 7.95. The van der Waals surface area contributed by atoms with Gasteiger partial charge in [-0.15, -0.1) is 0 Å². The fourth-order valence-electron chi connectivity index (χ4n) is 3.32. The highest BCUT2D eigenvalue weighted by Crippen LogP contribution is 2.15. The number of aliphatic hydroxyl groups excluding tert-OH is 2. The summed E-state index contributed by atoms with van der Waals surface area (Å²) in [4.78, 5) is 25.2. The van der Waals surface area contributed by atoms with Crippen LogP contribution >= 0.6 is 31.9 Å². The van der Waals surface area contributed by atoms with E-state index >= 15 is 0 Å². The van der Waals surface area contributed by atoms with E-state index in [0.717, 1.165) is 26.8 Å². The summed E-state index contributed by atoms with van der Waals surface area (Å²) in [6.45, 7) is 1.36. The molecule has 8 heteroatoms. The summed E-state index contributed by atoms with van der Waals surface area (Å²) >= 11 is 6.77. The number of halogens is 2. The number of carbonyl (C=O) groups excluding carboxylic acids is 2. The van der Waals surface area contributed by atoms with E-state index in [2.05, 4.69) is 42.5 Å². The van der Waals surface area contributed by atoms with Crippen LogP contribution in [0.4, 0.5) is 0 Å². The molecule has 0 aliphatic rings. The van der Waals surface area contributed by atoms with Crippen LogP contribution < -0.4 is 10.6 Å². The average Bonchev–Trinajstić information content (AvgIpc) is 2.85. The first-order chi connectivity index (χ1) is 16.9. The summed E-state index contributed by atoms with van der Waals surface area (Å²) in [5.41, 5.74) is 2.76. The Morgan fingerprint density at radius 1 is 0.714 bits per heavy atom. The molecule has 0 amide bonds.